The zero-order chi connectivity index (χ0) is 10.0. The van der Waals surface area contributed by atoms with Gasteiger partial charge in [0.15, 0.2) is 6.29 Å². The number of rotatable bonds is 3. The highest BCUT2D eigenvalue weighted by molar-refractivity contribution is 14.1. The number of carbonyl (C=O) groups is 2. The van der Waals surface area contributed by atoms with Crippen LogP contribution in [0.4, 0.5) is 0 Å². The van der Waals surface area contributed by atoms with Crippen LogP contribution >= 0.6 is 22.6 Å². The van der Waals surface area contributed by atoms with Crippen molar-refractivity contribution in [2.45, 2.75) is 6.42 Å². The average Bonchev–Trinajstić information content (AvgIpc) is 2.26. The topological polar surface area (TPSA) is 59.3 Å². The Morgan fingerprint density at radius 1 is 1.77 bits per heavy atom. The summed E-state index contributed by atoms with van der Waals surface area (Å²) < 4.78 is 2.44. The van der Waals surface area contributed by atoms with Gasteiger partial charge in [0.1, 0.15) is 0 Å². The number of carboxylic acids is 1. The Morgan fingerprint density at radius 3 is 2.85 bits per heavy atom. The van der Waals surface area contributed by atoms with Crippen LogP contribution in [0, 0.1) is 3.57 Å². The smallest absolute Gasteiger partial charge is 0.307 e. The van der Waals surface area contributed by atoms with E-state index in [1.165, 1.54) is 0 Å². The van der Waals surface area contributed by atoms with Gasteiger partial charge in [-0.05, 0) is 22.6 Å². The molecule has 13 heavy (non-hydrogen) atoms. The molecule has 1 N–H and O–H groups in total. The minimum atomic E-state index is -0.924. The molecule has 0 aliphatic heterocycles. The molecule has 0 aliphatic carbocycles. The van der Waals surface area contributed by atoms with Crippen molar-refractivity contribution in [1.82, 2.24) is 4.57 Å². The third kappa shape index (κ3) is 2.09. The molecule has 0 amide bonds. The summed E-state index contributed by atoms with van der Waals surface area (Å²) in [5, 5.41) is 8.59. The fourth-order valence-electron chi connectivity index (χ4n) is 1.13. The molecule has 0 fully saturated rings. The van der Waals surface area contributed by atoms with Crippen molar-refractivity contribution in [1.29, 1.82) is 0 Å². The van der Waals surface area contributed by atoms with Gasteiger partial charge in [-0.2, -0.15) is 0 Å². The van der Waals surface area contributed by atoms with E-state index >= 15 is 0 Å². The highest BCUT2D eigenvalue weighted by atomic mass is 127. The van der Waals surface area contributed by atoms with E-state index in [0.717, 1.165) is 3.57 Å². The highest BCUT2D eigenvalue weighted by Crippen LogP contribution is 2.18. The number of carboxylic acid groups (broad SMARTS) is 1. The maximum atomic E-state index is 10.6. The number of carbonyl (C=O) groups excluding carboxylic acids is 1. The molecule has 0 radical (unpaired) electrons. The van der Waals surface area contributed by atoms with Gasteiger partial charge in [0, 0.05) is 22.4 Å². The Labute approximate surface area is 88.7 Å². The molecule has 0 spiro atoms. The molecule has 0 aliphatic rings. The number of hydrogen-bond donors (Lipinski definition) is 1. The van der Waals surface area contributed by atoms with Gasteiger partial charge < -0.3 is 9.67 Å². The van der Waals surface area contributed by atoms with Crippen molar-refractivity contribution in [3.8, 4) is 0 Å². The number of aliphatic carboxylic acids is 1. The third-order valence-electron chi connectivity index (χ3n) is 1.72. The molecule has 0 unspecified atom stereocenters. The van der Waals surface area contributed by atoms with Crippen molar-refractivity contribution in [2.24, 2.45) is 7.05 Å². The van der Waals surface area contributed by atoms with E-state index in [1.54, 1.807) is 17.8 Å². The Balaban J connectivity index is 3.16. The van der Waals surface area contributed by atoms with Crippen LogP contribution in [0.2, 0.25) is 0 Å². The summed E-state index contributed by atoms with van der Waals surface area (Å²) in [5.41, 5.74) is 1.03. The molecule has 1 aromatic heterocycles. The number of nitrogens with zero attached hydrogens (tertiary/aromatic N) is 1. The maximum Gasteiger partial charge on any atom is 0.307 e. The number of halogens is 1. The van der Waals surface area contributed by atoms with E-state index in [9.17, 15) is 9.59 Å². The van der Waals surface area contributed by atoms with Gasteiger partial charge in [-0.25, -0.2) is 0 Å². The van der Waals surface area contributed by atoms with Crippen LogP contribution in [0.15, 0.2) is 6.20 Å². The first-order chi connectivity index (χ1) is 6.06. The van der Waals surface area contributed by atoms with Crippen LogP contribution in [0.3, 0.4) is 0 Å². The number of aryl methyl sites for hydroxylation is 1. The first kappa shape index (κ1) is 10.2. The van der Waals surface area contributed by atoms with Crippen LogP contribution in [-0.2, 0) is 18.3 Å². The molecule has 0 saturated carbocycles. The molecular formula is C8H8INO3. The maximum absolute atomic E-state index is 10.6. The quantitative estimate of drug-likeness (QED) is 0.670. The summed E-state index contributed by atoms with van der Waals surface area (Å²) in [6, 6.07) is 0. The Morgan fingerprint density at radius 2 is 2.38 bits per heavy atom. The van der Waals surface area contributed by atoms with Gasteiger partial charge >= 0.3 is 5.97 Å². The van der Waals surface area contributed by atoms with Gasteiger partial charge in [0.2, 0.25) is 0 Å². The second-order valence-electron chi connectivity index (χ2n) is 2.64. The van der Waals surface area contributed by atoms with Gasteiger partial charge in [0.05, 0.1) is 12.1 Å². The molecule has 1 aromatic rings. The Kier molecular flexibility index (Phi) is 3.07. The zero-order valence-corrected chi connectivity index (χ0v) is 9.11. The summed E-state index contributed by atoms with van der Waals surface area (Å²) in [7, 11) is 1.72. The Hall–Kier alpha value is -0.850. The summed E-state index contributed by atoms with van der Waals surface area (Å²) in [6.45, 7) is 0. The predicted octanol–water partition coefficient (Wildman–Crippen LogP) is 1.07. The van der Waals surface area contributed by atoms with E-state index in [0.29, 0.717) is 17.5 Å². The number of hydrogen-bond acceptors (Lipinski definition) is 2. The molecule has 1 heterocycles. The molecule has 0 saturated heterocycles. The predicted molar refractivity (Wildman–Crippen MR) is 54.9 cm³/mol. The molecular weight excluding hydrogens is 285 g/mol. The van der Waals surface area contributed by atoms with Crippen molar-refractivity contribution in [2.75, 3.05) is 0 Å². The van der Waals surface area contributed by atoms with E-state index in [1.807, 2.05) is 22.6 Å². The SMILES string of the molecule is Cn1cc(I)c(CC(=O)O)c1C=O. The second-order valence-corrected chi connectivity index (χ2v) is 3.80. The second kappa shape index (κ2) is 3.91. The Bertz CT molecular complexity index is 357. The molecule has 4 nitrogen and oxygen atoms in total. The third-order valence-corrected chi connectivity index (χ3v) is 2.65. The van der Waals surface area contributed by atoms with Gasteiger partial charge in [-0.15, -0.1) is 0 Å². The minimum Gasteiger partial charge on any atom is -0.481 e. The van der Waals surface area contributed by atoms with E-state index in [2.05, 4.69) is 0 Å². The van der Waals surface area contributed by atoms with Crippen molar-refractivity contribution in [3.63, 3.8) is 0 Å². The van der Waals surface area contributed by atoms with Crippen LogP contribution < -0.4 is 0 Å². The fourth-order valence-corrected chi connectivity index (χ4v) is 2.02. The molecule has 70 valence electrons. The normalized spacial score (nSPS) is 10.0. The zero-order valence-electron chi connectivity index (χ0n) is 6.95. The lowest BCUT2D eigenvalue weighted by Crippen LogP contribution is -2.04. The van der Waals surface area contributed by atoms with E-state index in [-0.39, 0.29) is 6.42 Å². The van der Waals surface area contributed by atoms with Crippen LogP contribution in [0.1, 0.15) is 16.1 Å². The average molecular weight is 293 g/mol. The fraction of sp³-hybridized carbons (Fsp3) is 0.250. The van der Waals surface area contributed by atoms with Crippen molar-refractivity contribution >= 4 is 34.8 Å². The lowest BCUT2D eigenvalue weighted by Gasteiger charge is -1.97. The first-order valence-electron chi connectivity index (χ1n) is 3.57. The van der Waals surface area contributed by atoms with E-state index in [4.69, 9.17) is 5.11 Å². The summed E-state index contributed by atoms with van der Waals surface area (Å²) >= 11 is 2.02. The summed E-state index contributed by atoms with van der Waals surface area (Å²) in [6.07, 6.45) is 2.32. The van der Waals surface area contributed by atoms with Crippen LogP contribution in [0.5, 0.6) is 0 Å². The highest BCUT2D eigenvalue weighted by Gasteiger charge is 2.14. The molecule has 0 aromatic carbocycles. The number of aromatic nitrogens is 1. The largest absolute Gasteiger partial charge is 0.481 e. The minimum absolute atomic E-state index is 0.104. The standard InChI is InChI=1S/C8H8INO3/c1-10-3-6(9)5(2-8(12)13)7(10)4-11/h3-4H,2H2,1H3,(H,12,13). The summed E-state index contributed by atoms with van der Waals surface area (Å²) in [4.78, 5) is 21.1. The summed E-state index contributed by atoms with van der Waals surface area (Å²) in [5.74, 6) is -0.924. The molecule has 0 bridgehead atoms. The van der Waals surface area contributed by atoms with Gasteiger partial charge in [-0.3, -0.25) is 9.59 Å². The molecule has 5 heteroatoms. The van der Waals surface area contributed by atoms with Gasteiger partial charge in [-0.1, -0.05) is 0 Å². The first-order valence-corrected chi connectivity index (χ1v) is 4.64. The van der Waals surface area contributed by atoms with E-state index < -0.39 is 5.97 Å². The number of aldehydes is 1. The molecule has 1 rings (SSSR count). The molecule has 0 atom stereocenters. The van der Waals surface area contributed by atoms with Crippen molar-refractivity contribution in [3.05, 3.63) is 21.0 Å². The van der Waals surface area contributed by atoms with Crippen LogP contribution in [0.25, 0.3) is 0 Å². The lowest BCUT2D eigenvalue weighted by atomic mass is 10.2. The monoisotopic (exact) mass is 293 g/mol. The van der Waals surface area contributed by atoms with Crippen LogP contribution in [-0.4, -0.2) is 21.9 Å². The lowest BCUT2D eigenvalue weighted by molar-refractivity contribution is -0.136. The van der Waals surface area contributed by atoms with Crippen molar-refractivity contribution < 1.29 is 14.7 Å². The van der Waals surface area contributed by atoms with Gasteiger partial charge in [0.25, 0.3) is 0 Å².